The van der Waals surface area contributed by atoms with Gasteiger partial charge in [-0.1, -0.05) is 72.8 Å². The predicted molar refractivity (Wildman–Crippen MR) is 212 cm³/mol. The van der Waals surface area contributed by atoms with Crippen molar-refractivity contribution in [3.63, 3.8) is 0 Å². The van der Waals surface area contributed by atoms with Crippen molar-refractivity contribution >= 4 is 34.7 Å². The van der Waals surface area contributed by atoms with Crippen LogP contribution in [-0.4, -0.2) is 88.0 Å². The number of carbonyl (C=O) groups excluding carboxylic acids is 3. The van der Waals surface area contributed by atoms with Crippen LogP contribution in [0.1, 0.15) is 39.7 Å². The van der Waals surface area contributed by atoms with Crippen LogP contribution in [0.2, 0.25) is 0 Å². The van der Waals surface area contributed by atoms with Gasteiger partial charge in [0, 0.05) is 12.0 Å². The zero-order chi connectivity index (χ0) is 45.2. The Morgan fingerprint density at radius 3 is 1.87 bits per heavy atom. The highest BCUT2D eigenvalue weighted by molar-refractivity contribution is 6.06. The van der Waals surface area contributed by atoms with Gasteiger partial charge in [-0.2, -0.15) is 26.3 Å². The lowest BCUT2D eigenvalue weighted by molar-refractivity contribution is -0.286. The predicted octanol–water partition coefficient (Wildman–Crippen LogP) is 6.27. The van der Waals surface area contributed by atoms with Crippen LogP contribution < -0.4 is 25.8 Å². The molecule has 0 saturated carbocycles. The minimum absolute atomic E-state index is 0.0146. The molecule has 0 bridgehead atoms. The molecule has 4 N–H and O–H groups in total. The summed E-state index contributed by atoms with van der Waals surface area (Å²) in [5.74, 6) is -24.3. The first-order valence-corrected chi connectivity index (χ1v) is 19.0. The summed E-state index contributed by atoms with van der Waals surface area (Å²) in [7, 11) is 2.96. The van der Waals surface area contributed by atoms with Gasteiger partial charge in [0.15, 0.2) is 17.0 Å². The topological polar surface area (TPSA) is 182 Å². The van der Waals surface area contributed by atoms with Gasteiger partial charge in [0.1, 0.15) is 35.8 Å². The number of hydrogen-bond acceptors (Lipinski definition) is 10. The summed E-state index contributed by atoms with van der Waals surface area (Å²) < 4.78 is 114. The van der Waals surface area contributed by atoms with Gasteiger partial charge >= 0.3 is 17.8 Å². The van der Waals surface area contributed by atoms with Crippen molar-refractivity contribution in [2.45, 2.75) is 48.2 Å². The third-order valence-corrected chi connectivity index (χ3v) is 10.5. The van der Waals surface area contributed by atoms with E-state index in [1.165, 1.54) is 25.1 Å². The monoisotopic (exact) mass is 877 g/mol. The lowest BCUT2D eigenvalue weighted by Gasteiger charge is -2.37. The van der Waals surface area contributed by atoms with E-state index in [1.807, 2.05) is 0 Å². The molecule has 3 atom stereocenters. The number of nitrogens with two attached hydrogens (primary N) is 1. The summed E-state index contributed by atoms with van der Waals surface area (Å²) in [6.45, 7) is -0.576. The third-order valence-electron chi connectivity index (χ3n) is 10.5. The average Bonchev–Trinajstić information content (AvgIpc) is 3.92. The van der Waals surface area contributed by atoms with E-state index in [1.54, 1.807) is 115 Å². The molecule has 328 valence electrons. The number of nitrogens with one attached hydrogen (secondary N) is 2. The second kappa shape index (κ2) is 17.4. The van der Waals surface area contributed by atoms with E-state index in [9.17, 15) is 31.9 Å². The van der Waals surface area contributed by atoms with E-state index < -0.39 is 72.5 Å². The summed E-state index contributed by atoms with van der Waals surface area (Å²) in [4.78, 5) is 50.0. The summed E-state index contributed by atoms with van der Waals surface area (Å²) >= 11 is 0. The Bertz CT molecular complexity index is 2540. The number of methoxy groups -OCH3 is 2. The fourth-order valence-electron chi connectivity index (χ4n) is 7.17. The standard InChI is InChI=1S/C43H37F6N7O7/c1-60-29-17-13-27(14-18-29)40(26-11-7-4-8-12-26,28-15-19-30(61-2)20-16-28)62-22-32-31(54-39(59)42(46,47)43(48,49)41(44,45)38(50)58)21-33(63-32)56-24-53-34-35(51-23-52-36(34)56)55-37(57)25-9-5-3-6-10-25/h3-20,23-24,31-33H,21-22H2,1-2H3,(H2,50,58)(H,54,59)(H,51,52,55,57)/t31-,32+,33+/m0/s1. The van der Waals surface area contributed by atoms with Gasteiger partial charge in [-0.05, 0) is 53.1 Å². The van der Waals surface area contributed by atoms with Crippen LogP contribution in [0.3, 0.4) is 0 Å². The zero-order valence-corrected chi connectivity index (χ0v) is 33.2. The average molecular weight is 878 g/mol. The largest absolute Gasteiger partial charge is 0.497 e. The normalized spacial score (nSPS) is 17.0. The second-order valence-electron chi connectivity index (χ2n) is 14.2. The first kappa shape index (κ1) is 44.0. The lowest BCUT2D eigenvalue weighted by Crippen LogP contribution is -2.65. The molecule has 7 rings (SSSR count). The molecule has 14 nitrogen and oxygen atoms in total. The van der Waals surface area contributed by atoms with Crippen LogP contribution in [0.5, 0.6) is 11.5 Å². The molecule has 1 aliphatic rings. The van der Waals surface area contributed by atoms with Gasteiger partial charge in [0.25, 0.3) is 17.7 Å². The van der Waals surface area contributed by atoms with Gasteiger partial charge in [-0.25, -0.2) is 15.0 Å². The van der Waals surface area contributed by atoms with Gasteiger partial charge in [0.2, 0.25) is 0 Å². The number of fused-ring (bicyclic) bond motifs is 1. The number of benzene rings is 4. The molecule has 4 aromatic carbocycles. The number of anilines is 1. The number of ether oxygens (including phenoxy) is 4. The highest BCUT2D eigenvalue weighted by atomic mass is 19.3. The quantitative estimate of drug-likeness (QED) is 0.0741. The number of primary amides is 1. The fraction of sp³-hybridized carbons (Fsp3) is 0.256. The van der Waals surface area contributed by atoms with Crippen molar-refractivity contribution in [2.24, 2.45) is 5.73 Å². The Kier molecular flexibility index (Phi) is 12.1. The SMILES string of the molecule is COc1ccc(C(OC[C@H]2O[C@@H](n3cnc4c(NC(=O)c5ccccc5)ncnc43)C[C@@H]2NC(=O)C(F)(F)C(F)(F)C(F)(F)C(N)=O)(c2ccccc2)c2ccc(OC)cc2)cc1. The molecular formula is C43H37F6N7O7. The number of halogens is 6. The van der Waals surface area contributed by atoms with E-state index in [0.29, 0.717) is 33.8 Å². The van der Waals surface area contributed by atoms with Crippen LogP contribution in [0, 0.1) is 0 Å². The van der Waals surface area contributed by atoms with Gasteiger partial charge in [-0.15, -0.1) is 0 Å². The van der Waals surface area contributed by atoms with Crippen molar-refractivity contribution in [1.82, 2.24) is 24.8 Å². The molecule has 2 aromatic heterocycles. The molecule has 6 aromatic rings. The Morgan fingerprint density at radius 1 is 0.762 bits per heavy atom. The zero-order valence-electron chi connectivity index (χ0n) is 33.2. The minimum atomic E-state index is -6.55. The molecular weight excluding hydrogens is 841 g/mol. The number of carbonyl (C=O) groups is 3. The van der Waals surface area contributed by atoms with Crippen molar-refractivity contribution < 1.29 is 59.7 Å². The molecule has 3 heterocycles. The van der Waals surface area contributed by atoms with Crippen molar-refractivity contribution in [3.05, 3.63) is 144 Å². The van der Waals surface area contributed by atoms with Crippen LogP contribution in [0.4, 0.5) is 32.2 Å². The molecule has 63 heavy (non-hydrogen) atoms. The van der Waals surface area contributed by atoms with E-state index in [0.717, 1.165) is 6.33 Å². The molecule has 0 aliphatic carbocycles. The first-order valence-electron chi connectivity index (χ1n) is 19.0. The van der Waals surface area contributed by atoms with Crippen molar-refractivity contribution in [3.8, 4) is 11.5 Å². The number of rotatable bonds is 16. The second-order valence-corrected chi connectivity index (χ2v) is 14.2. The van der Waals surface area contributed by atoms with Gasteiger partial charge in [-0.3, -0.25) is 19.0 Å². The molecule has 0 spiro atoms. The summed E-state index contributed by atoms with van der Waals surface area (Å²) in [6, 6.07) is 28.9. The maximum absolute atomic E-state index is 15.2. The van der Waals surface area contributed by atoms with Gasteiger partial charge < -0.3 is 35.3 Å². The number of alkyl halides is 6. The first-order chi connectivity index (χ1) is 30.0. The Morgan fingerprint density at radius 2 is 1.32 bits per heavy atom. The smallest absolute Gasteiger partial charge is 0.393 e. The Labute approximate surface area is 354 Å². The highest BCUT2D eigenvalue weighted by Crippen LogP contribution is 2.47. The van der Waals surface area contributed by atoms with E-state index in [-0.39, 0.29) is 17.0 Å². The number of amides is 3. The minimum Gasteiger partial charge on any atom is -0.497 e. The maximum Gasteiger partial charge on any atom is 0.393 e. The van der Waals surface area contributed by atoms with Crippen LogP contribution in [-0.2, 0) is 24.7 Å². The maximum atomic E-state index is 15.2. The lowest BCUT2D eigenvalue weighted by atomic mass is 9.80. The molecule has 20 heteroatoms. The van der Waals surface area contributed by atoms with Crippen LogP contribution >= 0.6 is 0 Å². The third kappa shape index (κ3) is 8.09. The molecule has 1 aliphatic heterocycles. The van der Waals surface area contributed by atoms with E-state index in [4.69, 9.17) is 18.9 Å². The van der Waals surface area contributed by atoms with Crippen molar-refractivity contribution in [2.75, 3.05) is 26.1 Å². The number of aromatic nitrogens is 4. The summed E-state index contributed by atoms with van der Waals surface area (Å²) in [5, 5.41) is 4.40. The van der Waals surface area contributed by atoms with Crippen molar-refractivity contribution in [1.29, 1.82) is 0 Å². The molecule has 1 saturated heterocycles. The number of nitrogens with zero attached hydrogens (tertiary/aromatic N) is 4. The molecule has 0 unspecified atom stereocenters. The Hall–Kier alpha value is -7.06. The number of imidazole rings is 1. The summed E-state index contributed by atoms with van der Waals surface area (Å²) in [5.41, 5.74) is 4.83. The summed E-state index contributed by atoms with van der Waals surface area (Å²) in [6.07, 6.45) is -0.899. The molecule has 3 amide bonds. The van der Waals surface area contributed by atoms with E-state index >= 15 is 8.78 Å². The number of hydrogen-bond donors (Lipinski definition) is 3. The Balaban J connectivity index is 1.28. The van der Waals surface area contributed by atoms with Crippen LogP contribution in [0.25, 0.3) is 11.2 Å². The molecule has 0 radical (unpaired) electrons. The van der Waals surface area contributed by atoms with E-state index in [2.05, 4.69) is 26.0 Å². The highest BCUT2D eigenvalue weighted by Gasteiger charge is 2.77. The molecule has 1 fully saturated rings. The fourth-order valence-corrected chi connectivity index (χ4v) is 7.17. The van der Waals surface area contributed by atoms with Gasteiger partial charge in [0.05, 0.1) is 33.2 Å². The van der Waals surface area contributed by atoms with Crippen LogP contribution in [0.15, 0.2) is 122 Å².